The number of esters is 1. The Morgan fingerprint density at radius 2 is 2.24 bits per heavy atom. The van der Waals surface area contributed by atoms with E-state index < -0.39 is 5.97 Å². The van der Waals surface area contributed by atoms with Crippen LogP contribution in [0.4, 0.5) is 5.69 Å². The Hall–Kier alpha value is -1.97. The molecule has 0 fully saturated rings. The molecule has 4 heteroatoms. The average Bonchev–Trinajstić information content (AvgIpc) is 2.33. The molecule has 0 aliphatic rings. The van der Waals surface area contributed by atoms with Crippen LogP contribution in [0.25, 0.3) is 0 Å². The van der Waals surface area contributed by atoms with Crippen molar-refractivity contribution < 1.29 is 14.6 Å². The number of methoxy groups -OCH3 is 1. The largest absolute Gasteiger partial charge is 0.508 e. The lowest BCUT2D eigenvalue weighted by Crippen LogP contribution is -2.16. The number of hydrogen-bond donors (Lipinski definition) is 1. The second-order valence-electron chi connectivity index (χ2n) is 3.60. The summed E-state index contributed by atoms with van der Waals surface area (Å²) in [6.07, 6.45) is 3.00. The van der Waals surface area contributed by atoms with Gasteiger partial charge in [0.15, 0.2) is 0 Å². The summed E-state index contributed by atoms with van der Waals surface area (Å²) in [5.41, 5.74) is 1.90. The summed E-state index contributed by atoms with van der Waals surface area (Å²) in [5, 5.41) is 9.46. The van der Waals surface area contributed by atoms with E-state index >= 15 is 0 Å². The zero-order valence-electron chi connectivity index (χ0n) is 10.3. The molecule has 0 amide bonds. The standard InChI is InChI=1S/C13H17NO3/c1-4-14(8-7-13(16)17-3)12-9-11(15)6-5-10(12)2/h5-9,15H,4H2,1-3H3/b8-7+. The van der Waals surface area contributed by atoms with E-state index in [1.54, 1.807) is 18.3 Å². The van der Waals surface area contributed by atoms with Crippen LogP contribution in [0.3, 0.4) is 0 Å². The van der Waals surface area contributed by atoms with Gasteiger partial charge in [-0.25, -0.2) is 4.79 Å². The van der Waals surface area contributed by atoms with Gasteiger partial charge in [0.2, 0.25) is 0 Å². The van der Waals surface area contributed by atoms with E-state index in [-0.39, 0.29) is 5.75 Å². The summed E-state index contributed by atoms with van der Waals surface area (Å²) < 4.78 is 4.53. The first-order chi connectivity index (χ1) is 8.08. The Morgan fingerprint density at radius 3 is 2.82 bits per heavy atom. The van der Waals surface area contributed by atoms with Crippen LogP contribution >= 0.6 is 0 Å². The summed E-state index contributed by atoms with van der Waals surface area (Å²) in [4.78, 5) is 12.9. The van der Waals surface area contributed by atoms with E-state index in [9.17, 15) is 9.90 Å². The molecule has 4 nitrogen and oxygen atoms in total. The van der Waals surface area contributed by atoms with Gasteiger partial charge in [0, 0.05) is 30.6 Å². The molecule has 0 bridgehead atoms. The predicted molar refractivity (Wildman–Crippen MR) is 67.0 cm³/mol. The summed E-state index contributed by atoms with van der Waals surface area (Å²) in [7, 11) is 1.34. The molecule has 0 unspecified atom stereocenters. The van der Waals surface area contributed by atoms with Crippen molar-refractivity contribution in [1.29, 1.82) is 0 Å². The van der Waals surface area contributed by atoms with Crippen LogP contribution in [-0.4, -0.2) is 24.7 Å². The van der Waals surface area contributed by atoms with Crippen LogP contribution in [0.1, 0.15) is 12.5 Å². The second kappa shape index (κ2) is 5.94. The number of phenolic OH excluding ortho intramolecular Hbond substituents is 1. The third-order valence-corrected chi connectivity index (χ3v) is 2.43. The maximum atomic E-state index is 11.0. The number of rotatable bonds is 4. The molecule has 1 aromatic rings. The number of ether oxygens (including phenoxy) is 1. The maximum absolute atomic E-state index is 11.0. The molecule has 1 aromatic carbocycles. The highest BCUT2D eigenvalue weighted by molar-refractivity contribution is 5.82. The van der Waals surface area contributed by atoms with Crippen LogP contribution in [0.2, 0.25) is 0 Å². The molecule has 0 aromatic heterocycles. The number of anilines is 1. The van der Waals surface area contributed by atoms with Crippen LogP contribution in [0.5, 0.6) is 5.75 Å². The zero-order chi connectivity index (χ0) is 12.8. The highest BCUT2D eigenvalue weighted by Gasteiger charge is 2.06. The summed E-state index contributed by atoms with van der Waals surface area (Å²) in [5.74, 6) is -0.197. The van der Waals surface area contributed by atoms with Gasteiger partial charge in [-0.1, -0.05) is 6.07 Å². The van der Waals surface area contributed by atoms with Crippen molar-refractivity contribution in [3.63, 3.8) is 0 Å². The first kappa shape index (κ1) is 13.1. The lowest BCUT2D eigenvalue weighted by atomic mass is 10.1. The molecule has 92 valence electrons. The van der Waals surface area contributed by atoms with Crippen LogP contribution in [0.15, 0.2) is 30.5 Å². The Morgan fingerprint density at radius 1 is 1.53 bits per heavy atom. The lowest BCUT2D eigenvalue weighted by Gasteiger charge is -2.20. The first-order valence-corrected chi connectivity index (χ1v) is 5.41. The average molecular weight is 235 g/mol. The zero-order valence-corrected chi connectivity index (χ0v) is 10.3. The SMILES string of the molecule is CCN(/C=C/C(=O)OC)c1cc(O)ccc1C. The van der Waals surface area contributed by atoms with E-state index in [0.717, 1.165) is 11.3 Å². The molecule has 0 heterocycles. The van der Waals surface area contributed by atoms with Crippen molar-refractivity contribution in [3.8, 4) is 5.75 Å². The number of nitrogens with zero attached hydrogens (tertiary/aromatic N) is 1. The predicted octanol–water partition coefficient (Wildman–Crippen LogP) is 2.21. The lowest BCUT2D eigenvalue weighted by molar-refractivity contribution is -0.134. The third-order valence-electron chi connectivity index (χ3n) is 2.43. The fraction of sp³-hybridized carbons (Fsp3) is 0.308. The van der Waals surface area contributed by atoms with Crippen LogP contribution in [0, 0.1) is 6.92 Å². The smallest absolute Gasteiger partial charge is 0.331 e. The summed E-state index contributed by atoms with van der Waals surface area (Å²) in [6, 6.07) is 5.14. The highest BCUT2D eigenvalue weighted by Crippen LogP contribution is 2.24. The topological polar surface area (TPSA) is 49.8 Å². The van der Waals surface area contributed by atoms with Crippen LogP contribution in [-0.2, 0) is 9.53 Å². The highest BCUT2D eigenvalue weighted by atomic mass is 16.5. The molecule has 1 N–H and O–H groups in total. The van der Waals surface area contributed by atoms with E-state index in [1.165, 1.54) is 13.2 Å². The van der Waals surface area contributed by atoms with Gasteiger partial charge in [-0.15, -0.1) is 0 Å². The Kier molecular flexibility index (Phi) is 4.57. The van der Waals surface area contributed by atoms with Gasteiger partial charge >= 0.3 is 5.97 Å². The van der Waals surface area contributed by atoms with Crippen molar-refractivity contribution in [1.82, 2.24) is 0 Å². The number of aromatic hydroxyl groups is 1. The van der Waals surface area contributed by atoms with Crippen molar-refractivity contribution in [2.75, 3.05) is 18.6 Å². The molecule has 0 saturated carbocycles. The monoisotopic (exact) mass is 235 g/mol. The molecular weight excluding hydrogens is 218 g/mol. The van der Waals surface area contributed by atoms with Gasteiger partial charge in [0.05, 0.1) is 7.11 Å². The molecule has 0 radical (unpaired) electrons. The molecule has 0 atom stereocenters. The quantitative estimate of drug-likeness (QED) is 0.642. The minimum atomic E-state index is -0.402. The van der Waals surface area contributed by atoms with E-state index in [2.05, 4.69) is 4.74 Å². The molecule has 0 aliphatic carbocycles. The van der Waals surface area contributed by atoms with Crippen LogP contribution < -0.4 is 4.90 Å². The van der Waals surface area contributed by atoms with Crippen molar-refractivity contribution in [2.45, 2.75) is 13.8 Å². The fourth-order valence-electron chi connectivity index (χ4n) is 1.48. The van der Waals surface area contributed by atoms with Gasteiger partial charge in [-0.05, 0) is 25.5 Å². The number of benzene rings is 1. The first-order valence-electron chi connectivity index (χ1n) is 5.41. The van der Waals surface area contributed by atoms with Gasteiger partial charge < -0.3 is 14.7 Å². The van der Waals surface area contributed by atoms with Gasteiger partial charge in [-0.3, -0.25) is 0 Å². The summed E-state index contributed by atoms with van der Waals surface area (Å²) >= 11 is 0. The minimum absolute atomic E-state index is 0.204. The Labute approximate surface area is 101 Å². The molecule has 1 rings (SSSR count). The number of phenols is 1. The molecular formula is C13H17NO3. The van der Waals surface area contributed by atoms with E-state index in [1.807, 2.05) is 24.8 Å². The molecule has 17 heavy (non-hydrogen) atoms. The maximum Gasteiger partial charge on any atom is 0.331 e. The molecule has 0 aliphatic heterocycles. The number of hydrogen-bond acceptors (Lipinski definition) is 4. The van der Waals surface area contributed by atoms with Gasteiger partial charge in [0.1, 0.15) is 5.75 Å². The van der Waals surface area contributed by atoms with E-state index in [4.69, 9.17) is 0 Å². The normalized spacial score (nSPS) is 10.5. The van der Waals surface area contributed by atoms with Crippen molar-refractivity contribution in [3.05, 3.63) is 36.0 Å². The second-order valence-corrected chi connectivity index (χ2v) is 3.60. The number of aryl methyl sites for hydroxylation is 1. The minimum Gasteiger partial charge on any atom is -0.508 e. The summed E-state index contributed by atoms with van der Waals surface area (Å²) in [6.45, 7) is 4.60. The Bertz CT molecular complexity index is 427. The molecule has 0 spiro atoms. The third kappa shape index (κ3) is 3.52. The number of carbonyl (C=O) groups is 1. The molecule has 0 saturated heterocycles. The Balaban J connectivity index is 2.97. The van der Waals surface area contributed by atoms with Crippen molar-refractivity contribution in [2.24, 2.45) is 0 Å². The van der Waals surface area contributed by atoms with E-state index in [0.29, 0.717) is 6.54 Å². The fourth-order valence-corrected chi connectivity index (χ4v) is 1.48. The van der Waals surface area contributed by atoms with Crippen molar-refractivity contribution >= 4 is 11.7 Å². The van der Waals surface area contributed by atoms with Gasteiger partial charge in [0.25, 0.3) is 0 Å². The van der Waals surface area contributed by atoms with Gasteiger partial charge in [-0.2, -0.15) is 0 Å². The number of carbonyl (C=O) groups excluding carboxylic acids is 1.